The lowest BCUT2D eigenvalue weighted by molar-refractivity contribution is 0.380. The van der Waals surface area contributed by atoms with E-state index in [1.165, 1.54) is 15.1 Å². The van der Waals surface area contributed by atoms with Gasteiger partial charge >= 0.3 is 0 Å². The molecule has 0 N–H and O–H groups in total. The van der Waals surface area contributed by atoms with E-state index in [-0.39, 0.29) is 16.8 Å². The van der Waals surface area contributed by atoms with E-state index in [4.69, 9.17) is 0 Å². The summed E-state index contributed by atoms with van der Waals surface area (Å²) in [6, 6.07) is 5.65. The van der Waals surface area contributed by atoms with E-state index in [1.54, 1.807) is 30.2 Å². The number of aryl methyl sites for hydroxylation is 1. The smallest absolute Gasteiger partial charge is 0.277 e. The molecule has 154 valence electrons. The fourth-order valence-electron chi connectivity index (χ4n) is 3.59. The minimum absolute atomic E-state index is 0.0489. The molecular weight excluding hydrogens is 392 g/mol. The van der Waals surface area contributed by atoms with Crippen LogP contribution < -0.4 is 10.5 Å². The Morgan fingerprint density at radius 1 is 1.07 bits per heavy atom. The van der Waals surface area contributed by atoms with Gasteiger partial charge in [-0.1, -0.05) is 0 Å². The summed E-state index contributed by atoms with van der Waals surface area (Å²) < 4.78 is 30.2. The molecular formula is C19H24N6O3S. The van der Waals surface area contributed by atoms with Crippen LogP contribution in [0.3, 0.4) is 0 Å². The zero-order chi connectivity index (χ0) is 20.8. The van der Waals surface area contributed by atoms with Crippen molar-refractivity contribution in [3.05, 3.63) is 47.3 Å². The first-order valence-corrected chi connectivity index (χ1v) is 11.0. The molecule has 0 spiro atoms. The third-order valence-electron chi connectivity index (χ3n) is 5.28. The summed E-state index contributed by atoms with van der Waals surface area (Å²) >= 11 is 0. The Morgan fingerprint density at radius 2 is 1.79 bits per heavy atom. The first-order chi connectivity index (χ1) is 13.8. The highest BCUT2D eigenvalue weighted by molar-refractivity contribution is 7.89. The number of nitrogens with zero attached hydrogens (tertiary/aromatic N) is 6. The number of sulfonamides is 1. The van der Waals surface area contributed by atoms with Crippen molar-refractivity contribution < 1.29 is 8.42 Å². The van der Waals surface area contributed by atoms with Crippen LogP contribution in [0.2, 0.25) is 0 Å². The molecule has 0 radical (unpaired) electrons. The SMILES string of the molecule is CC(C)n1cnc2cc(N3CCN(S(=O)(=O)c4nccn4C)CC3)ccc2c1=O. The van der Waals surface area contributed by atoms with E-state index in [0.717, 1.165) is 5.69 Å². The molecule has 0 aliphatic carbocycles. The second-order valence-corrected chi connectivity index (χ2v) is 9.30. The predicted molar refractivity (Wildman–Crippen MR) is 111 cm³/mol. The minimum Gasteiger partial charge on any atom is -0.369 e. The van der Waals surface area contributed by atoms with Gasteiger partial charge in [-0.25, -0.2) is 18.4 Å². The molecule has 1 aliphatic rings. The quantitative estimate of drug-likeness (QED) is 0.635. The normalized spacial score (nSPS) is 16.1. The van der Waals surface area contributed by atoms with Crippen LogP contribution in [0.25, 0.3) is 10.9 Å². The van der Waals surface area contributed by atoms with Gasteiger partial charge in [0, 0.05) is 57.3 Å². The lowest BCUT2D eigenvalue weighted by atomic mass is 10.2. The summed E-state index contributed by atoms with van der Waals surface area (Å²) in [4.78, 5) is 23.1. The van der Waals surface area contributed by atoms with Gasteiger partial charge in [-0.15, -0.1) is 0 Å². The van der Waals surface area contributed by atoms with Crippen LogP contribution in [0.1, 0.15) is 19.9 Å². The van der Waals surface area contributed by atoms with Crippen molar-refractivity contribution >= 4 is 26.6 Å². The van der Waals surface area contributed by atoms with Crippen molar-refractivity contribution in [2.45, 2.75) is 25.0 Å². The van der Waals surface area contributed by atoms with Crippen molar-refractivity contribution in [1.82, 2.24) is 23.4 Å². The fourth-order valence-corrected chi connectivity index (χ4v) is 5.08. The second kappa shape index (κ2) is 7.27. The molecule has 1 fully saturated rings. The van der Waals surface area contributed by atoms with Crippen LogP contribution in [0.4, 0.5) is 5.69 Å². The number of imidazole rings is 1. The van der Waals surface area contributed by atoms with Gasteiger partial charge in [-0.2, -0.15) is 4.31 Å². The van der Waals surface area contributed by atoms with E-state index in [0.29, 0.717) is 37.1 Å². The fraction of sp³-hybridized carbons (Fsp3) is 0.421. The van der Waals surface area contributed by atoms with Gasteiger partial charge in [0.25, 0.3) is 15.6 Å². The highest BCUT2D eigenvalue weighted by Gasteiger charge is 2.31. The number of hydrogen-bond donors (Lipinski definition) is 0. The number of rotatable bonds is 4. The standard InChI is InChI=1S/C19H24N6O3S/c1-14(2)25-13-21-17-12-15(4-5-16(17)18(25)26)23-8-10-24(11-9-23)29(27,28)19-20-6-7-22(19)3/h4-7,12-14H,8-11H2,1-3H3. The van der Waals surface area contributed by atoms with Crippen LogP contribution in [0.15, 0.2) is 46.9 Å². The average Bonchev–Trinajstić information content (AvgIpc) is 3.14. The first kappa shape index (κ1) is 19.6. The van der Waals surface area contributed by atoms with E-state index < -0.39 is 10.0 Å². The highest BCUT2D eigenvalue weighted by Crippen LogP contribution is 2.23. The Labute approximate surface area is 169 Å². The van der Waals surface area contributed by atoms with Crippen LogP contribution >= 0.6 is 0 Å². The molecule has 4 rings (SSSR count). The lowest BCUT2D eigenvalue weighted by Crippen LogP contribution is -2.49. The van der Waals surface area contributed by atoms with Gasteiger partial charge < -0.3 is 9.47 Å². The Bertz CT molecular complexity index is 1210. The summed E-state index contributed by atoms with van der Waals surface area (Å²) in [5, 5.41) is 0.642. The Kier molecular flexibility index (Phi) is 4.91. The Balaban J connectivity index is 1.54. The second-order valence-electron chi connectivity index (χ2n) is 7.46. The predicted octanol–water partition coefficient (Wildman–Crippen LogP) is 1.22. The number of piperazine rings is 1. The molecule has 3 heterocycles. The molecule has 29 heavy (non-hydrogen) atoms. The van der Waals surface area contributed by atoms with Gasteiger partial charge in [-0.05, 0) is 32.0 Å². The molecule has 0 bridgehead atoms. The third kappa shape index (κ3) is 3.42. The number of aromatic nitrogens is 4. The average molecular weight is 417 g/mol. The number of hydrogen-bond acceptors (Lipinski definition) is 6. The van der Waals surface area contributed by atoms with Crippen molar-refractivity contribution in [3.8, 4) is 0 Å². The molecule has 0 amide bonds. The Morgan fingerprint density at radius 3 is 2.41 bits per heavy atom. The zero-order valence-electron chi connectivity index (χ0n) is 16.7. The van der Waals surface area contributed by atoms with Crippen LogP contribution in [0, 0.1) is 0 Å². The molecule has 1 aromatic carbocycles. The summed E-state index contributed by atoms with van der Waals surface area (Å²) in [7, 11) is -1.93. The van der Waals surface area contributed by atoms with E-state index in [2.05, 4.69) is 14.9 Å². The van der Waals surface area contributed by atoms with Crippen molar-refractivity contribution in [3.63, 3.8) is 0 Å². The number of anilines is 1. The maximum Gasteiger partial charge on any atom is 0.277 e. The zero-order valence-corrected chi connectivity index (χ0v) is 17.5. The summed E-state index contributed by atoms with van der Waals surface area (Å²) in [5.41, 5.74) is 1.52. The van der Waals surface area contributed by atoms with Gasteiger partial charge in [0.1, 0.15) is 0 Å². The molecule has 2 aromatic heterocycles. The highest BCUT2D eigenvalue weighted by atomic mass is 32.2. The van der Waals surface area contributed by atoms with Crippen molar-refractivity contribution in [1.29, 1.82) is 0 Å². The molecule has 3 aromatic rings. The summed E-state index contributed by atoms with van der Waals surface area (Å²) in [6.45, 7) is 5.74. The minimum atomic E-state index is -3.61. The van der Waals surface area contributed by atoms with Gasteiger partial charge in [-0.3, -0.25) is 9.36 Å². The molecule has 0 unspecified atom stereocenters. The maximum absolute atomic E-state index is 12.8. The molecule has 1 saturated heterocycles. The largest absolute Gasteiger partial charge is 0.369 e. The first-order valence-electron chi connectivity index (χ1n) is 9.52. The van der Waals surface area contributed by atoms with Crippen LogP contribution in [0.5, 0.6) is 0 Å². The van der Waals surface area contributed by atoms with E-state index in [1.807, 2.05) is 26.0 Å². The van der Waals surface area contributed by atoms with Crippen molar-refractivity contribution in [2.75, 3.05) is 31.1 Å². The number of benzene rings is 1. The summed E-state index contributed by atoms with van der Waals surface area (Å²) in [6.07, 6.45) is 4.69. The van der Waals surface area contributed by atoms with E-state index >= 15 is 0 Å². The van der Waals surface area contributed by atoms with Crippen molar-refractivity contribution in [2.24, 2.45) is 7.05 Å². The monoisotopic (exact) mass is 416 g/mol. The number of fused-ring (bicyclic) bond motifs is 1. The van der Waals surface area contributed by atoms with Gasteiger partial charge in [0.15, 0.2) is 0 Å². The molecule has 10 heteroatoms. The molecule has 0 saturated carbocycles. The lowest BCUT2D eigenvalue weighted by Gasteiger charge is -2.35. The molecule has 9 nitrogen and oxygen atoms in total. The van der Waals surface area contributed by atoms with Crippen LogP contribution in [-0.2, 0) is 17.1 Å². The summed E-state index contributed by atoms with van der Waals surface area (Å²) in [5.74, 6) is 0. The topological polar surface area (TPSA) is 93.3 Å². The van der Waals surface area contributed by atoms with Gasteiger partial charge in [0.2, 0.25) is 5.16 Å². The van der Waals surface area contributed by atoms with Gasteiger partial charge in [0.05, 0.1) is 17.2 Å². The third-order valence-corrected chi connectivity index (χ3v) is 7.18. The van der Waals surface area contributed by atoms with E-state index in [9.17, 15) is 13.2 Å². The van der Waals surface area contributed by atoms with Crippen LogP contribution in [-0.4, -0.2) is 58.0 Å². The molecule has 1 aliphatic heterocycles. The Hall–Kier alpha value is -2.72. The maximum atomic E-state index is 12.8. The molecule has 0 atom stereocenters.